The minimum Gasteiger partial charge on any atom is -0.493 e. The summed E-state index contributed by atoms with van der Waals surface area (Å²) in [6.07, 6.45) is 6.16. The molecule has 10 heteroatoms. The molecule has 7 nitrogen and oxygen atoms in total. The van der Waals surface area contributed by atoms with Gasteiger partial charge in [0.05, 0.1) is 30.8 Å². The summed E-state index contributed by atoms with van der Waals surface area (Å²) < 4.78 is 13.6. The monoisotopic (exact) mass is 506 g/mol. The van der Waals surface area contributed by atoms with E-state index >= 15 is 0 Å². The molecule has 0 spiro atoms. The highest BCUT2D eigenvalue weighted by atomic mass is 35.5. The topological polar surface area (TPSA) is 69.5 Å². The Morgan fingerprint density at radius 1 is 1.18 bits per heavy atom. The number of fused-ring (bicyclic) bond motifs is 1. The number of carbonyl (C=O) groups excluding carboxylic acids is 1. The molecule has 0 saturated heterocycles. The summed E-state index contributed by atoms with van der Waals surface area (Å²) in [5, 5.41) is 1.29. The summed E-state index contributed by atoms with van der Waals surface area (Å²) in [6.45, 7) is 3.21. The molecule has 2 aromatic carbocycles. The lowest BCUT2D eigenvalue weighted by molar-refractivity contribution is 0.0986. The number of thiazole rings is 1. The number of nitrogens with zero attached hydrogens (tertiary/aromatic N) is 4. The Labute approximate surface area is 207 Å². The molecule has 174 valence electrons. The highest BCUT2D eigenvalue weighted by Crippen LogP contribution is 2.34. The number of ether oxygens (including phenoxy) is 2. The highest BCUT2D eigenvalue weighted by molar-refractivity contribution is 7.22. The third-order valence-corrected chi connectivity index (χ3v) is 6.35. The summed E-state index contributed by atoms with van der Waals surface area (Å²) >= 11 is 7.69. The first-order valence-electron chi connectivity index (χ1n) is 10.1. The minimum atomic E-state index is -0.153. The molecule has 0 radical (unpaired) electrons. The second-order valence-corrected chi connectivity index (χ2v) is 8.69. The Balaban J connectivity index is 0.00000306. The number of anilines is 1. The third kappa shape index (κ3) is 5.40. The van der Waals surface area contributed by atoms with Gasteiger partial charge in [-0.05, 0) is 49.2 Å². The van der Waals surface area contributed by atoms with Crippen LogP contribution in [-0.2, 0) is 6.54 Å². The van der Waals surface area contributed by atoms with Gasteiger partial charge in [0.15, 0.2) is 16.6 Å². The highest BCUT2D eigenvalue weighted by Gasteiger charge is 2.23. The predicted molar refractivity (Wildman–Crippen MR) is 135 cm³/mol. The molecule has 0 aliphatic carbocycles. The maximum absolute atomic E-state index is 13.6. The van der Waals surface area contributed by atoms with Crippen molar-refractivity contribution in [3.8, 4) is 11.5 Å². The molecule has 0 aliphatic rings. The number of amides is 1. The van der Waals surface area contributed by atoms with Crippen LogP contribution < -0.4 is 14.4 Å². The maximum Gasteiger partial charge on any atom is 0.260 e. The van der Waals surface area contributed by atoms with Gasteiger partial charge in [0, 0.05) is 36.1 Å². The molecule has 0 fully saturated rings. The Morgan fingerprint density at radius 2 is 1.97 bits per heavy atom. The number of benzene rings is 2. The zero-order valence-corrected chi connectivity index (χ0v) is 20.8. The van der Waals surface area contributed by atoms with Gasteiger partial charge < -0.3 is 14.0 Å². The van der Waals surface area contributed by atoms with Crippen LogP contribution in [0.3, 0.4) is 0 Å². The van der Waals surface area contributed by atoms with Crippen LogP contribution in [0.1, 0.15) is 22.3 Å². The van der Waals surface area contributed by atoms with Crippen molar-refractivity contribution in [1.82, 2.24) is 14.5 Å². The van der Waals surface area contributed by atoms with Crippen LogP contribution in [0.4, 0.5) is 5.13 Å². The molecule has 2 aromatic heterocycles. The Hall–Kier alpha value is -2.81. The summed E-state index contributed by atoms with van der Waals surface area (Å²) in [6, 6.07) is 8.93. The van der Waals surface area contributed by atoms with Crippen LogP contribution in [0.25, 0.3) is 10.2 Å². The molecule has 4 aromatic rings. The second-order valence-electron chi connectivity index (χ2n) is 7.25. The van der Waals surface area contributed by atoms with E-state index in [1.54, 1.807) is 49.8 Å². The van der Waals surface area contributed by atoms with Crippen LogP contribution >= 0.6 is 35.3 Å². The molecular weight excluding hydrogens is 483 g/mol. The van der Waals surface area contributed by atoms with Crippen molar-refractivity contribution in [2.45, 2.75) is 19.9 Å². The second kappa shape index (κ2) is 10.9. The minimum absolute atomic E-state index is 0. The van der Waals surface area contributed by atoms with E-state index in [-0.39, 0.29) is 18.3 Å². The number of methoxy groups -OCH3 is 2. The molecule has 2 heterocycles. The van der Waals surface area contributed by atoms with Gasteiger partial charge in [-0.3, -0.25) is 9.69 Å². The van der Waals surface area contributed by atoms with Gasteiger partial charge in [0.25, 0.3) is 5.91 Å². The summed E-state index contributed by atoms with van der Waals surface area (Å²) in [5.74, 6) is 0.920. The average molecular weight is 507 g/mol. The van der Waals surface area contributed by atoms with Crippen molar-refractivity contribution in [2.24, 2.45) is 0 Å². The number of imidazole rings is 1. The average Bonchev–Trinajstić information content (AvgIpc) is 3.45. The fraction of sp³-hybridized carbons (Fsp3) is 0.261. The standard InChI is InChI=1S/C23H23ClN4O3S.ClH/c1-15-11-17(24)13-20-21(15)26-23(32-20)28(9-4-8-27-10-7-25-14-27)22(29)16-5-6-18(30-2)19(12-16)31-3;/h5-7,10-14H,4,8-9H2,1-3H3;1H. The zero-order chi connectivity index (χ0) is 22.7. The molecule has 0 N–H and O–H groups in total. The third-order valence-electron chi connectivity index (χ3n) is 5.10. The number of aryl methyl sites for hydroxylation is 2. The number of aromatic nitrogens is 3. The van der Waals surface area contributed by atoms with Crippen LogP contribution in [0, 0.1) is 6.92 Å². The van der Waals surface area contributed by atoms with E-state index in [1.807, 2.05) is 29.8 Å². The Morgan fingerprint density at radius 3 is 2.67 bits per heavy atom. The van der Waals surface area contributed by atoms with Crippen molar-refractivity contribution in [3.05, 3.63) is 65.2 Å². The quantitative estimate of drug-likeness (QED) is 0.309. The van der Waals surface area contributed by atoms with Crippen molar-refractivity contribution in [1.29, 1.82) is 0 Å². The lowest BCUT2D eigenvalue weighted by Crippen LogP contribution is -2.32. The molecular formula is C23H24Cl2N4O3S. The van der Waals surface area contributed by atoms with E-state index in [4.69, 9.17) is 26.1 Å². The molecule has 4 rings (SSSR count). The van der Waals surface area contributed by atoms with E-state index in [1.165, 1.54) is 11.3 Å². The summed E-state index contributed by atoms with van der Waals surface area (Å²) in [5.41, 5.74) is 2.33. The first-order chi connectivity index (χ1) is 15.5. The van der Waals surface area contributed by atoms with E-state index < -0.39 is 0 Å². The molecule has 1 amide bonds. The molecule has 0 aliphatic heterocycles. The van der Waals surface area contributed by atoms with Crippen molar-refractivity contribution in [3.63, 3.8) is 0 Å². The number of hydrogen-bond donors (Lipinski definition) is 0. The predicted octanol–water partition coefficient (Wildman–Crippen LogP) is 5.63. The smallest absolute Gasteiger partial charge is 0.260 e. The largest absolute Gasteiger partial charge is 0.493 e. The zero-order valence-electron chi connectivity index (χ0n) is 18.4. The van der Waals surface area contributed by atoms with Crippen LogP contribution in [0.15, 0.2) is 49.1 Å². The molecule has 0 unspecified atom stereocenters. The fourth-order valence-corrected chi connectivity index (χ4v) is 4.94. The fourth-order valence-electron chi connectivity index (χ4n) is 3.50. The SMILES string of the molecule is COc1ccc(C(=O)N(CCCn2ccnc2)c2nc3c(C)cc(Cl)cc3s2)cc1OC.Cl. The molecule has 0 saturated carbocycles. The van der Waals surface area contributed by atoms with E-state index in [0.29, 0.717) is 33.8 Å². The first kappa shape index (κ1) is 24.8. The van der Waals surface area contributed by atoms with Crippen LogP contribution in [0.5, 0.6) is 11.5 Å². The normalized spacial score (nSPS) is 10.7. The van der Waals surface area contributed by atoms with E-state index in [2.05, 4.69) is 4.98 Å². The summed E-state index contributed by atoms with van der Waals surface area (Å²) in [7, 11) is 3.12. The molecule has 33 heavy (non-hydrogen) atoms. The lowest BCUT2D eigenvalue weighted by Gasteiger charge is -2.20. The van der Waals surface area contributed by atoms with Gasteiger partial charge in [0.2, 0.25) is 0 Å². The van der Waals surface area contributed by atoms with Crippen molar-refractivity contribution < 1.29 is 14.3 Å². The van der Waals surface area contributed by atoms with Gasteiger partial charge >= 0.3 is 0 Å². The van der Waals surface area contributed by atoms with E-state index in [0.717, 1.165) is 28.7 Å². The molecule has 0 bridgehead atoms. The van der Waals surface area contributed by atoms with Crippen molar-refractivity contribution in [2.75, 3.05) is 25.7 Å². The van der Waals surface area contributed by atoms with Crippen LogP contribution in [-0.4, -0.2) is 41.2 Å². The van der Waals surface area contributed by atoms with Gasteiger partial charge in [-0.2, -0.15) is 0 Å². The number of rotatable bonds is 8. The Kier molecular flexibility index (Phi) is 8.18. The number of halogens is 2. The Bertz CT molecular complexity index is 1240. The lowest BCUT2D eigenvalue weighted by atomic mass is 10.1. The summed E-state index contributed by atoms with van der Waals surface area (Å²) in [4.78, 5) is 24.2. The van der Waals surface area contributed by atoms with Gasteiger partial charge in [-0.15, -0.1) is 12.4 Å². The number of hydrogen-bond acceptors (Lipinski definition) is 6. The maximum atomic E-state index is 13.6. The van der Waals surface area contributed by atoms with Gasteiger partial charge in [0.1, 0.15) is 0 Å². The van der Waals surface area contributed by atoms with Gasteiger partial charge in [-0.25, -0.2) is 9.97 Å². The van der Waals surface area contributed by atoms with Crippen LogP contribution in [0.2, 0.25) is 5.02 Å². The van der Waals surface area contributed by atoms with Crippen molar-refractivity contribution >= 4 is 56.6 Å². The molecule has 0 atom stereocenters. The first-order valence-corrected chi connectivity index (χ1v) is 11.3. The van der Waals surface area contributed by atoms with Gasteiger partial charge in [-0.1, -0.05) is 22.9 Å². The van der Waals surface area contributed by atoms with E-state index in [9.17, 15) is 4.79 Å². The number of carbonyl (C=O) groups is 1.